The third-order valence-corrected chi connectivity index (χ3v) is 5.21. The summed E-state index contributed by atoms with van der Waals surface area (Å²) in [6, 6.07) is -0.123. The van der Waals surface area contributed by atoms with E-state index < -0.39 is 12.7 Å². The largest absolute Gasteiger partial charge is 0.401 e. The van der Waals surface area contributed by atoms with Gasteiger partial charge >= 0.3 is 6.18 Å². The van der Waals surface area contributed by atoms with Gasteiger partial charge < -0.3 is 5.32 Å². The number of unbranched alkanes of at least 4 members (excludes halogenated alkanes) is 1. The zero-order valence-corrected chi connectivity index (χ0v) is 14.0. The van der Waals surface area contributed by atoms with Crippen molar-refractivity contribution in [1.82, 2.24) is 10.2 Å². The van der Waals surface area contributed by atoms with Gasteiger partial charge in [0.05, 0.1) is 6.54 Å². The number of nitrogens with zero attached hydrogens (tertiary/aromatic N) is 1. The molecule has 1 heterocycles. The fourth-order valence-electron chi connectivity index (χ4n) is 3.87. The molecule has 0 aromatic heterocycles. The highest BCUT2D eigenvalue weighted by Crippen LogP contribution is 2.32. The number of alkyl halides is 3. The van der Waals surface area contributed by atoms with Crippen molar-refractivity contribution in [2.75, 3.05) is 19.6 Å². The predicted molar refractivity (Wildman–Crippen MR) is 84.0 cm³/mol. The summed E-state index contributed by atoms with van der Waals surface area (Å²) in [7, 11) is 0. The Balaban J connectivity index is 1.68. The van der Waals surface area contributed by atoms with Crippen LogP contribution in [0.1, 0.15) is 58.3 Å². The average Bonchev–Trinajstić information content (AvgIpc) is 2.90. The molecule has 0 radical (unpaired) electrons. The molecule has 1 aliphatic carbocycles. The predicted octanol–water partition coefficient (Wildman–Crippen LogP) is 3.74. The van der Waals surface area contributed by atoms with Gasteiger partial charge in [0.15, 0.2) is 0 Å². The monoisotopic (exact) mass is 334 g/mol. The number of amides is 1. The summed E-state index contributed by atoms with van der Waals surface area (Å²) in [5.41, 5.74) is 0. The molecule has 0 spiro atoms. The summed E-state index contributed by atoms with van der Waals surface area (Å²) in [4.78, 5) is 13.7. The molecule has 2 rings (SSSR count). The van der Waals surface area contributed by atoms with E-state index in [9.17, 15) is 18.0 Å². The van der Waals surface area contributed by atoms with Gasteiger partial charge in [-0.05, 0) is 38.0 Å². The summed E-state index contributed by atoms with van der Waals surface area (Å²) < 4.78 is 37.2. The van der Waals surface area contributed by atoms with Gasteiger partial charge in [-0.1, -0.05) is 26.2 Å². The molecule has 1 atom stereocenters. The first-order valence-electron chi connectivity index (χ1n) is 8.97. The van der Waals surface area contributed by atoms with Crippen molar-refractivity contribution in [2.45, 2.75) is 70.5 Å². The van der Waals surface area contributed by atoms with Gasteiger partial charge in [0.1, 0.15) is 0 Å². The molecule has 2 fully saturated rings. The second kappa shape index (κ2) is 8.36. The minimum atomic E-state index is -4.16. The lowest BCUT2D eigenvalue weighted by Gasteiger charge is -2.28. The molecular formula is C17H29F3N2O. The molecule has 1 N–H and O–H groups in total. The molecule has 1 saturated heterocycles. The molecule has 3 nitrogen and oxygen atoms in total. The van der Waals surface area contributed by atoms with Crippen molar-refractivity contribution in [3.8, 4) is 0 Å². The fourth-order valence-corrected chi connectivity index (χ4v) is 3.87. The second-order valence-corrected chi connectivity index (χ2v) is 7.20. The molecule has 2 aliphatic rings. The molecule has 1 aliphatic heterocycles. The van der Waals surface area contributed by atoms with E-state index in [-0.39, 0.29) is 17.9 Å². The Morgan fingerprint density at radius 3 is 2.48 bits per heavy atom. The zero-order chi connectivity index (χ0) is 16.9. The van der Waals surface area contributed by atoms with E-state index in [0.717, 1.165) is 31.6 Å². The molecule has 0 aromatic carbocycles. The van der Waals surface area contributed by atoms with Gasteiger partial charge in [-0.15, -0.1) is 0 Å². The highest BCUT2D eigenvalue weighted by Gasteiger charge is 2.35. The number of halogens is 3. The Morgan fingerprint density at radius 2 is 1.87 bits per heavy atom. The van der Waals surface area contributed by atoms with E-state index in [0.29, 0.717) is 19.5 Å². The van der Waals surface area contributed by atoms with Crippen molar-refractivity contribution in [1.29, 1.82) is 0 Å². The maximum Gasteiger partial charge on any atom is 0.401 e. The maximum atomic E-state index is 12.4. The molecule has 134 valence electrons. The number of hydrogen-bond donors (Lipinski definition) is 1. The van der Waals surface area contributed by atoms with Crippen molar-refractivity contribution >= 4 is 5.91 Å². The topological polar surface area (TPSA) is 32.3 Å². The Bertz CT molecular complexity index is 379. The molecule has 23 heavy (non-hydrogen) atoms. The molecule has 1 saturated carbocycles. The van der Waals surface area contributed by atoms with E-state index in [1.165, 1.54) is 24.2 Å². The summed E-state index contributed by atoms with van der Waals surface area (Å²) in [6.07, 6.45) is 4.29. The normalized spacial score (nSPS) is 29.7. The third-order valence-electron chi connectivity index (χ3n) is 5.21. The minimum Gasteiger partial charge on any atom is -0.352 e. The maximum absolute atomic E-state index is 12.4. The second-order valence-electron chi connectivity index (χ2n) is 7.20. The lowest BCUT2D eigenvalue weighted by molar-refractivity contribution is -0.143. The number of hydrogen-bond acceptors (Lipinski definition) is 2. The van der Waals surface area contributed by atoms with E-state index >= 15 is 0 Å². The molecule has 0 aromatic rings. The van der Waals surface area contributed by atoms with Crippen molar-refractivity contribution in [3.63, 3.8) is 0 Å². The Morgan fingerprint density at radius 1 is 1.17 bits per heavy atom. The highest BCUT2D eigenvalue weighted by atomic mass is 19.4. The highest BCUT2D eigenvalue weighted by molar-refractivity contribution is 5.79. The SMILES string of the molecule is CCCCC1CCC(C(=O)NC2CCN(CC(F)(F)F)C2)CC1. The van der Waals surface area contributed by atoms with Crippen LogP contribution in [0, 0.1) is 11.8 Å². The first-order chi connectivity index (χ1) is 10.9. The van der Waals surface area contributed by atoms with Gasteiger partial charge in [-0.2, -0.15) is 13.2 Å². The summed E-state index contributed by atoms with van der Waals surface area (Å²) >= 11 is 0. The summed E-state index contributed by atoms with van der Waals surface area (Å²) in [6.45, 7) is 2.05. The van der Waals surface area contributed by atoms with Crippen molar-refractivity contribution in [3.05, 3.63) is 0 Å². The van der Waals surface area contributed by atoms with E-state index in [4.69, 9.17) is 0 Å². The molecule has 1 amide bonds. The van der Waals surface area contributed by atoms with Crippen LogP contribution in [-0.4, -0.2) is 42.7 Å². The molecule has 1 unspecified atom stereocenters. The van der Waals surface area contributed by atoms with Crippen LogP contribution >= 0.6 is 0 Å². The van der Waals surface area contributed by atoms with Crippen LogP contribution < -0.4 is 5.32 Å². The van der Waals surface area contributed by atoms with Crippen molar-refractivity contribution < 1.29 is 18.0 Å². The summed E-state index contributed by atoms with van der Waals surface area (Å²) in [5.74, 6) is 0.870. The smallest absolute Gasteiger partial charge is 0.352 e. The number of likely N-dealkylation sites (tertiary alicyclic amines) is 1. The van der Waals surface area contributed by atoms with Crippen LogP contribution in [0.5, 0.6) is 0 Å². The quantitative estimate of drug-likeness (QED) is 0.803. The Labute approximate surface area is 137 Å². The first kappa shape index (κ1) is 18.6. The number of nitrogens with one attached hydrogen (secondary N) is 1. The van der Waals surface area contributed by atoms with Crippen molar-refractivity contribution in [2.24, 2.45) is 11.8 Å². The summed E-state index contributed by atoms with van der Waals surface area (Å²) in [5, 5.41) is 2.97. The fraction of sp³-hybridized carbons (Fsp3) is 0.941. The number of carbonyl (C=O) groups excluding carboxylic acids is 1. The zero-order valence-electron chi connectivity index (χ0n) is 14.0. The van der Waals surface area contributed by atoms with E-state index in [1.807, 2.05) is 0 Å². The third kappa shape index (κ3) is 6.32. The van der Waals surface area contributed by atoms with Crippen LogP contribution in [0.4, 0.5) is 13.2 Å². The first-order valence-corrected chi connectivity index (χ1v) is 8.97. The van der Waals surface area contributed by atoms with E-state index in [2.05, 4.69) is 12.2 Å². The Hall–Kier alpha value is -0.780. The van der Waals surface area contributed by atoms with Gasteiger partial charge in [0, 0.05) is 25.0 Å². The van der Waals surface area contributed by atoms with Crippen LogP contribution in [0.25, 0.3) is 0 Å². The number of carbonyl (C=O) groups is 1. The van der Waals surface area contributed by atoms with Crippen LogP contribution in [0.2, 0.25) is 0 Å². The van der Waals surface area contributed by atoms with Gasteiger partial charge in [-0.25, -0.2) is 0 Å². The standard InChI is InChI=1S/C17H29F3N2O/c1-2-3-4-13-5-7-14(8-6-13)16(23)21-15-9-10-22(11-15)12-17(18,19)20/h13-15H,2-12H2,1H3,(H,21,23). The van der Waals surface area contributed by atoms with E-state index in [1.54, 1.807) is 0 Å². The lowest BCUT2D eigenvalue weighted by atomic mass is 9.79. The van der Waals surface area contributed by atoms with Gasteiger partial charge in [0.25, 0.3) is 0 Å². The molecular weight excluding hydrogens is 305 g/mol. The Kier molecular flexibility index (Phi) is 6.74. The van der Waals surface area contributed by atoms with Crippen LogP contribution in [0.15, 0.2) is 0 Å². The van der Waals surface area contributed by atoms with Crippen LogP contribution in [-0.2, 0) is 4.79 Å². The molecule has 0 bridgehead atoms. The lowest BCUT2D eigenvalue weighted by Crippen LogP contribution is -2.42. The van der Waals surface area contributed by atoms with Gasteiger partial charge in [-0.3, -0.25) is 9.69 Å². The minimum absolute atomic E-state index is 0.0535. The average molecular weight is 334 g/mol. The molecule has 6 heteroatoms. The number of rotatable bonds is 6. The van der Waals surface area contributed by atoms with Crippen LogP contribution in [0.3, 0.4) is 0 Å². The van der Waals surface area contributed by atoms with Gasteiger partial charge in [0.2, 0.25) is 5.91 Å².